The molecule has 0 bridgehead atoms. The normalized spacial score (nSPS) is 23.0. The quantitative estimate of drug-likeness (QED) is 0.729. The summed E-state index contributed by atoms with van der Waals surface area (Å²) in [7, 11) is 0. The molecule has 2 fully saturated rings. The van der Waals surface area contributed by atoms with Crippen LogP contribution in [0.4, 0.5) is 5.00 Å². The van der Waals surface area contributed by atoms with Crippen LogP contribution >= 0.6 is 11.3 Å². The van der Waals surface area contributed by atoms with Crippen molar-refractivity contribution in [2.75, 3.05) is 38.2 Å². The van der Waals surface area contributed by atoms with Crippen molar-refractivity contribution in [2.24, 2.45) is 0 Å². The van der Waals surface area contributed by atoms with E-state index in [2.05, 4.69) is 10.2 Å². The second-order valence-electron chi connectivity index (χ2n) is 7.47. The number of esters is 1. The molecule has 2 aliphatic heterocycles. The van der Waals surface area contributed by atoms with Crippen molar-refractivity contribution in [3.05, 3.63) is 16.0 Å². The molecule has 1 amide bonds. The molecule has 1 atom stereocenters. The Morgan fingerprint density at radius 3 is 2.82 bits per heavy atom. The molecule has 1 aliphatic carbocycles. The summed E-state index contributed by atoms with van der Waals surface area (Å²) in [6.45, 7) is 4.49. The van der Waals surface area contributed by atoms with Gasteiger partial charge in [0.15, 0.2) is 6.29 Å². The van der Waals surface area contributed by atoms with Crippen molar-refractivity contribution in [3.8, 4) is 0 Å². The van der Waals surface area contributed by atoms with E-state index in [4.69, 9.17) is 14.2 Å². The highest BCUT2D eigenvalue weighted by Crippen LogP contribution is 2.39. The average molecular weight is 409 g/mol. The highest BCUT2D eigenvalue weighted by Gasteiger charge is 2.35. The van der Waals surface area contributed by atoms with Crippen molar-refractivity contribution in [1.82, 2.24) is 4.90 Å². The zero-order chi connectivity index (χ0) is 19.5. The monoisotopic (exact) mass is 408 g/mol. The molecule has 0 spiro atoms. The topological polar surface area (TPSA) is 77.1 Å². The Morgan fingerprint density at radius 2 is 2.04 bits per heavy atom. The molecular weight excluding hydrogens is 380 g/mol. The Hall–Kier alpha value is -1.48. The molecule has 154 valence electrons. The summed E-state index contributed by atoms with van der Waals surface area (Å²) >= 11 is 1.52. The number of fused-ring (bicyclic) bond motifs is 1. The van der Waals surface area contributed by atoms with Gasteiger partial charge in [0.25, 0.3) is 0 Å². The second-order valence-corrected chi connectivity index (χ2v) is 8.58. The third kappa shape index (κ3) is 4.10. The lowest BCUT2D eigenvalue weighted by Gasteiger charge is -2.37. The first-order valence-corrected chi connectivity index (χ1v) is 11.1. The van der Waals surface area contributed by atoms with Gasteiger partial charge in [-0.3, -0.25) is 9.69 Å². The molecule has 1 unspecified atom stereocenters. The fourth-order valence-electron chi connectivity index (χ4n) is 4.38. The van der Waals surface area contributed by atoms with Crippen LogP contribution < -0.4 is 5.32 Å². The molecule has 0 aromatic carbocycles. The van der Waals surface area contributed by atoms with E-state index in [9.17, 15) is 9.59 Å². The van der Waals surface area contributed by atoms with Gasteiger partial charge >= 0.3 is 5.97 Å². The fourth-order valence-corrected chi connectivity index (χ4v) is 5.68. The number of nitrogens with zero attached hydrogens (tertiary/aromatic N) is 1. The molecule has 3 aliphatic rings. The SMILES string of the molecule is CCOC(=O)c1c(NC(=O)CN2CCCCC2C2OCCO2)sc2c1CCC2. The number of hydrogen-bond donors (Lipinski definition) is 1. The van der Waals surface area contributed by atoms with E-state index in [1.807, 2.05) is 0 Å². The Balaban J connectivity index is 1.45. The van der Waals surface area contributed by atoms with Crippen molar-refractivity contribution < 1.29 is 23.8 Å². The lowest BCUT2D eigenvalue weighted by Crippen LogP contribution is -2.50. The minimum absolute atomic E-state index is 0.102. The number of piperidine rings is 1. The van der Waals surface area contributed by atoms with Crippen molar-refractivity contribution >= 4 is 28.2 Å². The van der Waals surface area contributed by atoms with E-state index in [0.717, 1.165) is 50.6 Å². The zero-order valence-corrected chi connectivity index (χ0v) is 17.1. The first-order valence-electron chi connectivity index (χ1n) is 10.3. The number of carbonyl (C=O) groups is 2. The van der Waals surface area contributed by atoms with Gasteiger partial charge in [0.1, 0.15) is 5.00 Å². The summed E-state index contributed by atoms with van der Waals surface area (Å²) in [6.07, 6.45) is 5.81. The van der Waals surface area contributed by atoms with Gasteiger partial charge in [0.2, 0.25) is 5.91 Å². The van der Waals surface area contributed by atoms with Crippen molar-refractivity contribution in [1.29, 1.82) is 0 Å². The maximum atomic E-state index is 12.8. The van der Waals surface area contributed by atoms with Gasteiger partial charge in [0, 0.05) is 4.88 Å². The number of aryl methyl sites for hydroxylation is 1. The van der Waals surface area contributed by atoms with Gasteiger partial charge in [-0.05, 0) is 51.1 Å². The van der Waals surface area contributed by atoms with Gasteiger partial charge in [-0.15, -0.1) is 11.3 Å². The number of anilines is 1. The number of hydrogen-bond acceptors (Lipinski definition) is 7. The van der Waals surface area contributed by atoms with Crippen LogP contribution in [0.3, 0.4) is 0 Å². The van der Waals surface area contributed by atoms with Gasteiger partial charge in [-0.1, -0.05) is 6.42 Å². The largest absolute Gasteiger partial charge is 0.462 e. The second kappa shape index (κ2) is 8.90. The molecule has 0 radical (unpaired) electrons. The predicted molar refractivity (Wildman–Crippen MR) is 106 cm³/mol. The smallest absolute Gasteiger partial charge is 0.341 e. The van der Waals surface area contributed by atoms with Gasteiger partial charge in [-0.2, -0.15) is 0 Å². The number of rotatable bonds is 6. The third-order valence-corrected chi connectivity index (χ3v) is 6.83. The highest BCUT2D eigenvalue weighted by molar-refractivity contribution is 7.17. The number of amides is 1. The number of nitrogens with one attached hydrogen (secondary N) is 1. The highest BCUT2D eigenvalue weighted by atomic mass is 32.1. The maximum Gasteiger partial charge on any atom is 0.341 e. The Kier molecular flexibility index (Phi) is 6.30. The summed E-state index contributed by atoms with van der Waals surface area (Å²) < 4.78 is 16.6. The Bertz CT molecular complexity index is 728. The molecule has 4 rings (SSSR count). The first kappa shape index (κ1) is 19.8. The Morgan fingerprint density at radius 1 is 1.21 bits per heavy atom. The van der Waals surface area contributed by atoms with Crippen molar-refractivity contribution in [3.63, 3.8) is 0 Å². The van der Waals surface area contributed by atoms with Crippen LogP contribution in [0.2, 0.25) is 0 Å². The van der Waals surface area contributed by atoms with Crippen molar-refractivity contribution in [2.45, 2.75) is 57.8 Å². The predicted octanol–water partition coefficient (Wildman–Crippen LogP) is 2.58. The molecule has 2 saturated heterocycles. The molecule has 1 aromatic heterocycles. The first-order chi connectivity index (χ1) is 13.7. The van der Waals surface area contributed by atoms with E-state index in [0.29, 0.717) is 30.4 Å². The Labute approximate surface area is 169 Å². The van der Waals surface area contributed by atoms with Crippen LogP contribution in [-0.4, -0.2) is 62.0 Å². The van der Waals surface area contributed by atoms with E-state index < -0.39 is 0 Å². The van der Waals surface area contributed by atoms with Gasteiger partial charge in [-0.25, -0.2) is 4.79 Å². The van der Waals surface area contributed by atoms with Crippen LogP contribution in [0.25, 0.3) is 0 Å². The molecule has 1 aromatic rings. The maximum absolute atomic E-state index is 12.8. The number of thiophene rings is 1. The summed E-state index contributed by atoms with van der Waals surface area (Å²) in [6, 6.07) is 0.111. The summed E-state index contributed by atoms with van der Waals surface area (Å²) in [5.41, 5.74) is 1.62. The number of carbonyl (C=O) groups excluding carboxylic acids is 2. The number of ether oxygens (including phenoxy) is 3. The summed E-state index contributed by atoms with van der Waals surface area (Å²) in [4.78, 5) is 28.6. The van der Waals surface area contributed by atoms with E-state index in [-0.39, 0.29) is 30.8 Å². The molecule has 0 saturated carbocycles. The summed E-state index contributed by atoms with van der Waals surface area (Å²) in [5, 5.41) is 3.63. The standard InChI is InChI=1S/C20H28N2O5S/c1-2-25-19(24)17-13-6-5-8-15(13)28-18(17)21-16(23)12-22-9-4-3-7-14(22)20-26-10-11-27-20/h14,20H,2-12H2,1H3,(H,21,23). The van der Waals surface area contributed by atoms with Crippen LogP contribution in [-0.2, 0) is 31.8 Å². The number of likely N-dealkylation sites (tertiary alicyclic amines) is 1. The molecule has 28 heavy (non-hydrogen) atoms. The van der Waals surface area contributed by atoms with Gasteiger partial charge < -0.3 is 19.5 Å². The molecular formula is C20H28N2O5S. The summed E-state index contributed by atoms with van der Waals surface area (Å²) in [5.74, 6) is -0.434. The van der Waals surface area contributed by atoms with E-state index in [1.54, 1.807) is 6.92 Å². The lowest BCUT2D eigenvalue weighted by atomic mass is 10.0. The van der Waals surface area contributed by atoms with Gasteiger partial charge in [0.05, 0.1) is 38.0 Å². The minimum atomic E-state index is -0.333. The molecule has 8 heteroatoms. The van der Waals surface area contributed by atoms with Crippen LogP contribution in [0.15, 0.2) is 0 Å². The fraction of sp³-hybridized carbons (Fsp3) is 0.700. The van der Waals surface area contributed by atoms with E-state index in [1.165, 1.54) is 16.2 Å². The minimum Gasteiger partial charge on any atom is -0.462 e. The van der Waals surface area contributed by atoms with Crippen LogP contribution in [0, 0.1) is 0 Å². The van der Waals surface area contributed by atoms with Crippen LogP contribution in [0.5, 0.6) is 0 Å². The molecule has 7 nitrogen and oxygen atoms in total. The zero-order valence-electron chi connectivity index (χ0n) is 16.3. The third-order valence-electron chi connectivity index (χ3n) is 5.63. The lowest BCUT2D eigenvalue weighted by molar-refractivity contribution is -0.127. The van der Waals surface area contributed by atoms with Crippen LogP contribution in [0.1, 0.15) is 53.4 Å². The molecule has 3 heterocycles. The average Bonchev–Trinajstić information content (AvgIpc) is 3.39. The van der Waals surface area contributed by atoms with E-state index >= 15 is 0 Å². The molecule has 1 N–H and O–H groups in total.